The molecule has 28 heavy (non-hydrogen) atoms. The number of amides is 1. The van der Waals surface area contributed by atoms with Gasteiger partial charge in [-0.05, 0) is 36.8 Å². The highest BCUT2D eigenvalue weighted by atomic mass is 32.2. The van der Waals surface area contributed by atoms with Gasteiger partial charge in [0.05, 0.1) is 10.6 Å². The molecule has 1 atom stereocenters. The molecule has 2 aromatic rings. The fourth-order valence-corrected chi connectivity index (χ4v) is 4.90. The van der Waals surface area contributed by atoms with Crippen molar-refractivity contribution in [3.63, 3.8) is 0 Å². The van der Waals surface area contributed by atoms with E-state index >= 15 is 0 Å². The molecule has 0 saturated carbocycles. The molecule has 0 radical (unpaired) electrons. The number of carbonyl (C=O) groups is 1. The van der Waals surface area contributed by atoms with Gasteiger partial charge in [0.2, 0.25) is 15.9 Å². The van der Waals surface area contributed by atoms with E-state index in [1.54, 1.807) is 30.3 Å². The maximum atomic E-state index is 12.8. The molecule has 0 bridgehead atoms. The summed E-state index contributed by atoms with van der Waals surface area (Å²) >= 11 is 0. The van der Waals surface area contributed by atoms with Gasteiger partial charge in [-0.15, -0.1) is 0 Å². The Balaban J connectivity index is 2.25. The fraction of sp³-hybridized carbons (Fsp3) is 0.316. The molecule has 1 unspecified atom stereocenters. The predicted octanol–water partition coefficient (Wildman–Crippen LogP) is 1.90. The zero-order valence-corrected chi connectivity index (χ0v) is 17.9. The molecule has 7 nitrogen and oxygen atoms in total. The number of hydrogen-bond donors (Lipinski definition) is 0. The Morgan fingerprint density at radius 1 is 0.929 bits per heavy atom. The molecule has 152 valence electrons. The first-order chi connectivity index (χ1) is 13.0. The highest BCUT2D eigenvalue weighted by Gasteiger charge is 2.31. The predicted molar refractivity (Wildman–Crippen MR) is 109 cm³/mol. The highest BCUT2D eigenvalue weighted by Crippen LogP contribution is 2.20. The normalized spacial score (nSPS) is 13.3. The van der Waals surface area contributed by atoms with E-state index < -0.39 is 36.8 Å². The number of rotatable bonds is 7. The molecule has 0 spiro atoms. The third kappa shape index (κ3) is 4.78. The van der Waals surface area contributed by atoms with Gasteiger partial charge >= 0.3 is 0 Å². The molecule has 0 aliphatic heterocycles. The van der Waals surface area contributed by atoms with Crippen molar-refractivity contribution in [2.24, 2.45) is 0 Å². The summed E-state index contributed by atoms with van der Waals surface area (Å²) in [7, 11) is -3.20. The summed E-state index contributed by atoms with van der Waals surface area (Å²) in [6.07, 6.45) is 0. The summed E-state index contributed by atoms with van der Waals surface area (Å²) in [6, 6.07) is 14.5. The van der Waals surface area contributed by atoms with Gasteiger partial charge in [-0.2, -0.15) is 0 Å². The second-order valence-corrected chi connectivity index (χ2v) is 11.1. The number of sulfone groups is 1. The van der Waals surface area contributed by atoms with E-state index in [0.29, 0.717) is 11.3 Å². The van der Waals surface area contributed by atoms with Crippen molar-refractivity contribution in [3.05, 3.63) is 60.2 Å². The third-order valence-corrected chi connectivity index (χ3v) is 8.23. The maximum Gasteiger partial charge on any atom is 0.244 e. The van der Waals surface area contributed by atoms with Crippen LogP contribution in [-0.4, -0.2) is 53.4 Å². The molecule has 0 aromatic heterocycles. The van der Waals surface area contributed by atoms with Gasteiger partial charge in [-0.3, -0.25) is 4.79 Å². The topological polar surface area (TPSA) is 91.8 Å². The van der Waals surface area contributed by atoms with Crippen LogP contribution in [0.25, 0.3) is 0 Å². The number of nitrogens with zero attached hydrogens (tertiary/aromatic N) is 2. The molecule has 2 rings (SSSR count). The number of benzene rings is 2. The number of sulfonamides is 1. The summed E-state index contributed by atoms with van der Waals surface area (Å²) < 4.78 is 51.1. The van der Waals surface area contributed by atoms with E-state index in [4.69, 9.17) is 0 Å². The lowest BCUT2D eigenvalue weighted by Gasteiger charge is -2.21. The van der Waals surface area contributed by atoms with Crippen molar-refractivity contribution in [3.8, 4) is 0 Å². The summed E-state index contributed by atoms with van der Waals surface area (Å²) in [6.45, 7) is 1.34. The van der Waals surface area contributed by atoms with Gasteiger partial charge in [-0.1, -0.05) is 30.3 Å². The van der Waals surface area contributed by atoms with E-state index in [1.807, 2.05) is 0 Å². The molecule has 0 fully saturated rings. The van der Waals surface area contributed by atoms with Crippen LogP contribution in [-0.2, 0) is 30.4 Å². The average molecular weight is 425 g/mol. The van der Waals surface area contributed by atoms with Gasteiger partial charge in [-0.25, -0.2) is 21.1 Å². The number of hydrogen-bond acceptors (Lipinski definition) is 5. The maximum absolute atomic E-state index is 12.8. The van der Waals surface area contributed by atoms with Crippen LogP contribution in [0.3, 0.4) is 0 Å². The van der Waals surface area contributed by atoms with Crippen LogP contribution < -0.4 is 4.90 Å². The lowest BCUT2D eigenvalue weighted by Crippen LogP contribution is -2.39. The van der Waals surface area contributed by atoms with Gasteiger partial charge in [0.15, 0.2) is 9.84 Å². The first-order valence-electron chi connectivity index (χ1n) is 8.52. The van der Waals surface area contributed by atoms with Crippen molar-refractivity contribution in [1.82, 2.24) is 4.31 Å². The average Bonchev–Trinajstić information content (AvgIpc) is 2.66. The summed E-state index contributed by atoms with van der Waals surface area (Å²) in [5, 5.41) is -1.27. The van der Waals surface area contributed by atoms with Gasteiger partial charge in [0, 0.05) is 26.8 Å². The first-order valence-corrected chi connectivity index (χ1v) is 11.7. The molecule has 0 heterocycles. The highest BCUT2D eigenvalue weighted by molar-refractivity contribution is 7.92. The molecule has 0 N–H and O–H groups in total. The Labute approximate surface area is 166 Å². The van der Waals surface area contributed by atoms with E-state index in [1.165, 1.54) is 57.2 Å². The molecule has 2 aromatic carbocycles. The monoisotopic (exact) mass is 424 g/mol. The van der Waals surface area contributed by atoms with Crippen LogP contribution in [0.1, 0.15) is 12.5 Å². The Morgan fingerprint density at radius 2 is 1.54 bits per heavy atom. The molecule has 0 aliphatic rings. The van der Waals surface area contributed by atoms with Crippen LogP contribution in [0.5, 0.6) is 0 Å². The molecule has 0 saturated heterocycles. The molecular weight excluding hydrogens is 400 g/mol. The summed E-state index contributed by atoms with van der Waals surface area (Å²) in [5.74, 6) is -0.984. The van der Waals surface area contributed by atoms with Crippen LogP contribution in [0.15, 0.2) is 59.5 Å². The fourth-order valence-electron chi connectivity index (χ4n) is 2.57. The van der Waals surface area contributed by atoms with E-state index in [9.17, 15) is 21.6 Å². The van der Waals surface area contributed by atoms with Crippen LogP contribution in [0.4, 0.5) is 5.69 Å². The standard InChI is InChI=1S/C19H24N2O5S2/c1-15(19(22)21(4)17-10-6-5-7-11-17)27(23,24)14-16-9-8-12-18(13-16)28(25,26)20(2)3/h5-13,15H,14H2,1-4H3. The van der Waals surface area contributed by atoms with Crippen molar-refractivity contribution in [2.45, 2.75) is 22.8 Å². The zero-order valence-electron chi connectivity index (χ0n) is 16.2. The number of para-hydroxylation sites is 1. The third-order valence-electron chi connectivity index (χ3n) is 4.41. The van der Waals surface area contributed by atoms with Crippen molar-refractivity contribution in [1.29, 1.82) is 0 Å². The minimum atomic E-state index is -3.85. The van der Waals surface area contributed by atoms with Gasteiger partial charge in [0.1, 0.15) is 5.25 Å². The Kier molecular flexibility index (Phi) is 6.63. The van der Waals surface area contributed by atoms with E-state index in [-0.39, 0.29) is 4.90 Å². The Hall–Kier alpha value is -2.23. The van der Waals surface area contributed by atoms with Gasteiger partial charge in [0.25, 0.3) is 0 Å². The lowest BCUT2D eigenvalue weighted by molar-refractivity contribution is -0.117. The SMILES string of the molecule is CC(C(=O)N(C)c1ccccc1)S(=O)(=O)Cc1cccc(S(=O)(=O)N(C)C)c1. The minimum absolute atomic E-state index is 0.00517. The van der Waals surface area contributed by atoms with E-state index in [0.717, 1.165) is 4.31 Å². The number of anilines is 1. The van der Waals surface area contributed by atoms with Crippen LogP contribution in [0.2, 0.25) is 0 Å². The number of carbonyl (C=O) groups excluding carboxylic acids is 1. The largest absolute Gasteiger partial charge is 0.314 e. The van der Waals surface area contributed by atoms with Crippen molar-refractivity contribution < 1.29 is 21.6 Å². The van der Waals surface area contributed by atoms with Crippen molar-refractivity contribution >= 4 is 31.5 Å². The first kappa shape index (κ1) is 22.1. The summed E-state index contributed by atoms with van der Waals surface area (Å²) in [4.78, 5) is 13.9. The Bertz CT molecular complexity index is 1050. The second kappa shape index (κ2) is 8.42. The molecule has 1 amide bonds. The molecule has 9 heteroatoms. The molecular formula is C19H24N2O5S2. The second-order valence-electron chi connectivity index (χ2n) is 6.62. The van der Waals surface area contributed by atoms with Crippen molar-refractivity contribution in [2.75, 3.05) is 26.0 Å². The van der Waals surface area contributed by atoms with Crippen LogP contribution >= 0.6 is 0 Å². The Morgan fingerprint density at radius 3 is 2.11 bits per heavy atom. The van der Waals surface area contributed by atoms with Gasteiger partial charge < -0.3 is 4.90 Å². The summed E-state index contributed by atoms with van der Waals surface area (Å²) in [5.41, 5.74) is 0.901. The molecule has 0 aliphatic carbocycles. The zero-order chi connectivity index (χ0) is 21.1. The smallest absolute Gasteiger partial charge is 0.244 e. The quantitative estimate of drug-likeness (QED) is 0.677. The van der Waals surface area contributed by atoms with Crippen LogP contribution in [0, 0.1) is 0 Å². The lowest BCUT2D eigenvalue weighted by atomic mass is 10.2. The van der Waals surface area contributed by atoms with E-state index in [2.05, 4.69) is 0 Å². The minimum Gasteiger partial charge on any atom is -0.314 e.